The summed E-state index contributed by atoms with van der Waals surface area (Å²) in [6.07, 6.45) is 11.7. The van der Waals surface area contributed by atoms with Crippen molar-refractivity contribution in [2.75, 3.05) is 4.90 Å². The lowest BCUT2D eigenvalue weighted by molar-refractivity contribution is 1.17. The second-order valence-corrected chi connectivity index (χ2v) is 15.8. The quantitative estimate of drug-likeness (QED) is 0.153. The van der Waals surface area contributed by atoms with Gasteiger partial charge >= 0.3 is 0 Å². The van der Waals surface area contributed by atoms with Gasteiger partial charge in [-0.1, -0.05) is 170 Å². The van der Waals surface area contributed by atoms with Crippen LogP contribution in [0.25, 0.3) is 77.4 Å². The Morgan fingerprint density at radius 3 is 1.67 bits per heavy atom. The monoisotopic (exact) mass is 778 g/mol. The Labute approximate surface area is 356 Å². The number of allylic oxidation sites excluding steroid dienone is 6. The van der Waals surface area contributed by atoms with Crippen molar-refractivity contribution in [1.29, 1.82) is 0 Å². The summed E-state index contributed by atoms with van der Waals surface area (Å²) >= 11 is 0. The van der Waals surface area contributed by atoms with Gasteiger partial charge in [-0.15, -0.1) is 0 Å². The number of hydrogen-bond acceptors (Lipinski definition) is 1. The largest absolute Gasteiger partial charge is 0.311 e. The molecule has 0 unspecified atom stereocenters. The zero-order valence-electron chi connectivity index (χ0n) is 33.7. The van der Waals surface area contributed by atoms with Crippen LogP contribution in [0.4, 0.5) is 17.1 Å². The van der Waals surface area contributed by atoms with E-state index in [0.717, 1.165) is 40.3 Å². The second kappa shape index (κ2) is 15.3. The van der Waals surface area contributed by atoms with Crippen LogP contribution in [-0.2, 0) is 0 Å². The predicted molar refractivity (Wildman–Crippen MR) is 262 cm³/mol. The van der Waals surface area contributed by atoms with Crippen molar-refractivity contribution < 1.29 is 0 Å². The fourth-order valence-corrected chi connectivity index (χ4v) is 9.20. The third kappa shape index (κ3) is 6.56. The first-order valence-corrected chi connectivity index (χ1v) is 21.0. The van der Waals surface area contributed by atoms with Gasteiger partial charge in [-0.25, -0.2) is 0 Å². The van der Waals surface area contributed by atoms with Gasteiger partial charge in [-0.3, -0.25) is 0 Å². The number of hydrogen-bond donors (Lipinski definition) is 0. The van der Waals surface area contributed by atoms with Gasteiger partial charge in [-0.2, -0.15) is 0 Å². The van der Waals surface area contributed by atoms with Gasteiger partial charge in [-0.05, 0) is 134 Å². The molecule has 0 saturated heterocycles. The van der Waals surface area contributed by atoms with Crippen molar-refractivity contribution >= 4 is 77.6 Å². The van der Waals surface area contributed by atoms with Crippen LogP contribution < -0.4 is 4.90 Å². The Hall–Kier alpha value is -7.94. The molecule has 1 aliphatic carbocycles. The molecule has 0 saturated carbocycles. The maximum absolute atomic E-state index is 4.35. The molecule has 0 spiro atoms. The number of aromatic nitrogens is 1. The van der Waals surface area contributed by atoms with Crippen LogP contribution in [0.3, 0.4) is 0 Å². The van der Waals surface area contributed by atoms with E-state index in [1.54, 1.807) is 0 Å². The summed E-state index contributed by atoms with van der Waals surface area (Å²) in [7, 11) is 0. The van der Waals surface area contributed by atoms with Crippen molar-refractivity contribution in [3.05, 3.63) is 248 Å². The normalized spacial score (nSPS) is 14.8. The third-order valence-electron chi connectivity index (χ3n) is 12.2. The van der Waals surface area contributed by atoms with Crippen molar-refractivity contribution in [2.24, 2.45) is 0 Å². The molecule has 1 aliphatic rings. The summed E-state index contributed by atoms with van der Waals surface area (Å²) in [4.78, 5) is 2.37. The number of benzene rings is 9. The number of para-hydroxylation sites is 2. The van der Waals surface area contributed by atoms with Crippen molar-refractivity contribution in [1.82, 2.24) is 4.57 Å². The highest BCUT2D eigenvalue weighted by Gasteiger charge is 2.17. The molecular formula is C59H42N2. The van der Waals surface area contributed by atoms with Crippen LogP contribution in [0.15, 0.2) is 231 Å². The van der Waals surface area contributed by atoms with E-state index >= 15 is 0 Å². The molecule has 0 fully saturated rings. The third-order valence-corrected chi connectivity index (χ3v) is 12.2. The van der Waals surface area contributed by atoms with Gasteiger partial charge in [0, 0.05) is 33.5 Å². The fraction of sp³-hybridized carbons (Fsp3) is 0.0169. The molecular weight excluding hydrogens is 737 g/mol. The van der Waals surface area contributed by atoms with Crippen LogP contribution in [0, 0.1) is 0 Å². The molecule has 61 heavy (non-hydrogen) atoms. The maximum Gasteiger partial charge on any atom is 0.0541 e. The molecule has 0 atom stereocenters. The van der Waals surface area contributed by atoms with Crippen LogP contribution in [0.1, 0.15) is 23.1 Å². The summed E-state index contributed by atoms with van der Waals surface area (Å²) in [6.45, 7) is 4.35. The van der Waals surface area contributed by atoms with Crippen LogP contribution in [0.5, 0.6) is 0 Å². The minimum absolute atomic E-state index is 0.823. The highest BCUT2D eigenvalue weighted by molar-refractivity contribution is 6.14. The molecule has 2 heteroatoms. The molecule has 0 N–H and O–H groups in total. The smallest absolute Gasteiger partial charge is 0.0541 e. The second-order valence-electron chi connectivity index (χ2n) is 15.8. The van der Waals surface area contributed by atoms with E-state index in [0.29, 0.717) is 0 Å². The SMILES string of the molecule is C=C1/C=C\C=C/C/C(c2ccc(N(c3ccc(-c4cc5ccccc5c5ccccc45)cc3)c3ccc(-n4c5ccccc5c5ccccc54)cc3)cc2)=C\c2ccccc21. The zero-order valence-corrected chi connectivity index (χ0v) is 33.7. The lowest BCUT2D eigenvalue weighted by Gasteiger charge is -2.26. The van der Waals surface area contributed by atoms with Crippen molar-refractivity contribution in [3.63, 3.8) is 0 Å². The molecule has 0 radical (unpaired) electrons. The maximum atomic E-state index is 4.35. The first-order valence-electron chi connectivity index (χ1n) is 21.0. The van der Waals surface area contributed by atoms with Gasteiger partial charge in [0.15, 0.2) is 0 Å². The first-order chi connectivity index (χ1) is 30.2. The molecule has 0 amide bonds. The summed E-state index contributed by atoms with van der Waals surface area (Å²) in [6, 6.07) is 72.8. The van der Waals surface area contributed by atoms with E-state index in [1.807, 2.05) is 0 Å². The van der Waals surface area contributed by atoms with Crippen LogP contribution in [0.2, 0.25) is 0 Å². The van der Waals surface area contributed by atoms with E-state index in [2.05, 4.69) is 247 Å². The zero-order chi connectivity index (χ0) is 40.7. The minimum atomic E-state index is 0.823. The molecule has 0 aliphatic heterocycles. The average Bonchev–Trinajstić information content (AvgIpc) is 3.66. The minimum Gasteiger partial charge on any atom is -0.311 e. The summed E-state index contributed by atoms with van der Waals surface area (Å²) in [5.41, 5.74) is 15.0. The highest BCUT2D eigenvalue weighted by atomic mass is 15.1. The van der Waals surface area contributed by atoms with E-state index in [4.69, 9.17) is 0 Å². The summed E-state index contributed by atoms with van der Waals surface area (Å²) < 4.78 is 2.38. The predicted octanol–water partition coefficient (Wildman–Crippen LogP) is 16.3. The Morgan fingerprint density at radius 2 is 0.984 bits per heavy atom. The highest BCUT2D eigenvalue weighted by Crippen LogP contribution is 2.41. The number of fused-ring (bicyclic) bond motifs is 7. The number of nitrogens with zero attached hydrogens (tertiary/aromatic N) is 2. The van der Waals surface area contributed by atoms with Gasteiger partial charge in [0.25, 0.3) is 0 Å². The van der Waals surface area contributed by atoms with Gasteiger partial charge in [0.2, 0.25) is 0 Å². The first kappa shape index (κ1) is 36.2. The lowest BCUT2D eigenvalue weighted by atomic mass is 9.93. The standard InChI is InChI=1S/C59H42N2/c1-41-15-3-2-4-16-44(39-45-17-5-7-19-51(41)45)42-27-31-47(32-28-42)60(49-35-37-50(38-36-49)61-58-25-13-11-23-55(58)56-24-12-14-26-59(56)61)48-33-29-43(30-34-48)57-40-46-18-6-8-20-52(46)53-21-9-10-22-54(53)57/h2-15,17-40H,1,16H2/b4-2-,15-3-,44-39+. The molecule has 9 aromatic carbocycles. The molecule has 1 heterocycles. The Kier molecular flexibility index (Phi) is 9.09. The van der Waals surface area contributed by atoms with Gasteiger partial charge in [0.1, 0.15) is 0 Å². The van der Waals surface area contributed by atoms with Crippen LogP contribution >= 0.6 is 0 Å². The Balaban J connectivity index is 1.02. The van der Waals surface area contributed by atoms with E-state index in [9.17, 15) is 0 Å². The Morgan fingerprint density at radius 1 is 0.443 bits per heavy atom. The number of rotatable bonds is 6. The molecule has 1 aromatic heterocycles. The van der Waals surface area contributed by atoms with Gasteiger partial charge in [0.05, 0.1) is 11.0 Å². The molecule has 288 valence electrons. The van der Waals surface area contributed by atoms with E-state index in [1.165, 1.54) is 71.2 Å². The van der Waals surface area contributed by atoms with Crippen LogP contribution in [-0.4, -0.2) is 4.57 Å². The van der Waals surface area contributed by atoms with E-state index < -0.39 is 0 Å². The summed E-state index contributed by atoms with van der Waals surface area (Å²) in [5.74, 6) is 0. The molecule has 2 nitrogen and oxygen atoms in total. The fourth-order valence-electron chi connectivity index (χ4n) is 9.20. The molecule has 0 bridgehead atoms. The Bertz CT molecular complexity index is 3320. The molecule has 10 aromatic rings. The van der Waals surface area contributed by atoms with Crippen molar-refractivity contribution in [2.45, 2.75) is 6.42 Å². The lowest BCUT2D eigenvalue weighted by Crippen LogP contribution is -2.10. The van der Waals surface area contributed by atoms with Crippen molar-refractivity contribution in [3.8, 4) is 16.8 Å². The summed E-state index contributed by atoms with van der Waals surface area (Å²) in [5, 5.41) is 7.58. The molecule has 11 rings (SSSR count). The van der Waals surface area contributed by atoms with Gasteiger partial charge < -0.3 is 9.47 Å². The van der Waals surface area contributed by atoms with E-state index in [-0.39, 0.29) is 0 Å². The number of anilines is 3. The average molecular weight is 779 g/mol. The topological polar surface area (TPSA) is 8.17 Å².